The molecule has 15 nitrogen and oxygen atoms in total. The van der Waals surface area contributed by atoms with E-state index in [4.69, 9.17) is 23.7 Å². The van der Waals surface area contributed by atoms with E-state index >= 15 is 0 Å². The van der Waals surface area contributed by atoms with Crippen LogP contribution in [0.3, 0.4) is 0 Å². The third kappa shape index (κ3) is 7.02. The number of thioether (sulfide) groups is 1. The van der Waals surface area contributed by atoms with Crippen LogP contribution < -0.4 is 29.6 Å². The van der Waals surface area contributed by atoms with Gasteiger partial charge in [0.2, 0.25) is 18.6 Å². The van der Waals surface area contributed by atoms with Crippen molar-refractivity contribution in [3.63, 3.8) is 0 Å². The lowest BCUT2D eigenvalue weighted by molar-refractivity contribution is -0.184. The van der Waals surface area contributed by atoms with E-state index in [1.807, 2.05) is 55.3 Å². The number of rotatable bonds is 8. The molecule has 3 aromatic rings. The number of aliphatic hydroxyl groups is 1. The Morgan fingerprint density at radius 3 is 2.47 bits per heavy atom. The van der Waals surface area contributed by atoms with Gasteiger partial charge in [0.25, 0.3) is 0 Å². The summed E-state index contributed by atoms with van der Waals surface area (Å²) in [6.07, 6.45) is 2.33. The van der Waals surface area contributed by atoms with Crippen molar-refractivity contribution >= 4 is 41.6 Å². The molecule has 8 atom stereocenters. The number of piperazine rings is 1. The number of ether oxygens (including phenoxy) is 5. The van der Waals surface area contributed by atoms with E-state index in [1.54, 1.807) is 26.8 Å². The number of hydrogen-bond donors (Lipinski definition) is 4. The molecule has 0 saturated carbocycles. The number of likely N-dealkylation sites (N-methyl/N-ethyl adjacent to an activating group) is 1. The Morgan fingerprint density at radius 2 is 1.77 bits per heavy atom. The van der Waals surface area contributed by atoms with Crippen molar-refractivity contribution < 1.29 is 53.1 Å². The third-order valence-electron chi connectivity index (χ3n) is 12.3. The second kappa shape index (κ2) is 16.3. The second-order valence-electron chi connectivity index (χ2n) is 16.3. The first-order chi connectivity index (χ1) is 28.7. The van der Waals surface area contributed by atoms with Gasteiger partial charge in [-0.3, -0.25) is 24.2 Å². The van der Waals surface area contributed by atoms with Gasteiger partial charge in [0.1, 0.15) is 30.7 Å². The average molecular weight is 843 g/mol. The number of benzene rings is 3. The van der Waals surface area contributed by atoms with E-state index < -0.39 is 71.5 Å². The molecular formula is C44H50N4O11S. The lowest BCUT2D eigenvalue weighted by atomic mass is 9.73. The quantitative estimate of drug-likeness (QED) is 0.145. The minimum atomic E-state index is -1.17. The van der Waals surface area contributed by atoms with Gasteiger partial charge < -0.3 is 44.5 Å². The van der Waals surface area contributed by atoms with E-state index in [1.165, 1.54) is 31.9 Å². The summed E-state index contributed by atoms with van der Waals surface area (Å²) in [5, 5.41) is 29.5. The van der Waals surface area contributed by atoms with Crippen LogP contribution in [0.4, 0.5) is 0 Å². The van der Waals surface area contributed by atoms with E-state index in [2.05, 4.69) is 15.5 Å². The maximum atomic E-state index is 14.1. The highest BCUT2D eigenvalue weighted by Crippen LogP contribution is 2.63. The Morgan fingerprint density at radius 1 is 1.03 bits per heavy atom. The summed E-state index contributed by atoms with van der Waals surface area (Å²) >= 11 is 1.32. The Balaban J connectivity index is 1.22. The number of amides is 2. The summed E-state index contributed by atoms with van der Waals surface area (Å²) < 4.78 is 30.0. The molecule has 6 aliphatic rings. The number of aryl methyl sites for hydroxylation is 1. The summed E-state index contributed by atoms with van der Waals surface area (Å²) in [6.45, 7) is 8.18. The summed E-state index contributed by atoms with van der Waals surface area (Å²) in [6, 6.07) is 6.66. The van der Waals surface area contributed by atoms with Crippen LogP contribution in [0.1, 0.15) is 77.0 Å². The second-order valence-corrected chi connectivity index (χ2v) is 17.4. The largest absolute Gasteiger partial charge is 0.504 e. The third-order valence-corrected chi connectivity index (χ3v) is 13.7. The SMILES string of the molecule is COc1c(C)cc2c(c1O)[C@@H]1C3[C@@H]4SCC(NC(=O)C(NC(=O)/C=C/c5ccccc5)C(C)C)C(=O)OC[C@@H](c5c6c(c(C)c(OC(C)=O)c54)OCO6)N3[C@@H](O)[C@H](C2)N1C. The molecule has 6 heterocycles. The van der Waals surface area contributed by atoms with E-state index in [-0.39, 0.29) is 36.6 Å². The van der Waals surface area contributed by atoms with Gasteiger partial charge in [-0.15, -0.1) is 11.8 Å². The molecular weight excluding hydrogens is 793 g/mol. The van der Waals surface area contributed by atoms with Gasteiger partial charge in [-0.2, -0.15) is 0 Å². The van der Waals surface area contributed by atoms with Crippen molar-refractivity contribution in [2.75, 3.05) is 33.3 Å². The van der Waals surface area contributed by atoms with Crippen molar-refractivity contribution in [2.45, 2.75) is 88.8 Å². The molecule has 3 aromatic carbocycles. The van der Waals surface area contributed by atoms with E-state index in [0.717, 1.165) is 16.7 Å². The lowest BCUT2D eigenvalue weighted by Gasteiger charge is -2.62. The van der Waals surface area contributed by atoms with Crippen molar-refractivity contribution in [2.24, 2.45) is 5.92 Å². The molecule has 4 N–H and O–H groups in total. The number of carbonyl (C=O) groups excluding carboxylic acids is 4. The number of hydrogen-bond acceptors (Lipinski definition) is 14. The summed E-state index contributed by atoms with van der Waals surface area (Å²) in [5.41, 5.74) is 4.79. The molecule has 16 heteroatoms. The van der Waals surface area contributed by atoms with Crippen LogP contribution in [-0.4, -0.2) is 107 Å². The topological polar surface area (TPSA) is 185 Å². The van der Waals surface area contributed by atoms with Crippen LogP contribution in [0.2, 0.25) is 0 Å². The molecule has 0 aliphatic carbocycles. The van der Waals surface area contributed by atoms with E-state index in [0.29, 0.717) is 45.9 Å². The lowest BCUT2D eigenvalue weighted by Crippen LogP contribution is -2.69. The molecule has 9 rings (SSSR count). The Labute approximate surface area is 352 Å². The summed E-state index contributed by atoms with van der Waals surface area (Å²) in [4.78, 5) is 58.1. The molecule has 0 radical (unpaired) electrons. The number of nitrogens with one attached hydrogen (secondary N) is 2. The average Bonchev–Trinajstić information content (AvgIpc) is 3.71. The molecule has 4 bridgehead atoms. The van der Waals surface area contributed by atoms with Crippen LogP contribution in [0.5, 0.6) is 28.7 Å². The number of aromatic hydroxyl groups is 1. The maximum absolute atomic E-state index is 14.1. The maximum Gasteiger partial charge on any atom is 0.329 e. The van der Waals surface area contributed by atoms with Gasteiger partial charge in [-0.25, -0.2) is 4.79 Å². The molecule has 6 aliphatic heterocycles. The van der Waals surface area contributed by atoms with Crippen molar-refractivity contribution in [3.05, 3.63) is 81.4 Å². The van der Waals surface area contributed by atoms with Gasteiger partial charge in [-0.05, 0) is 56.0 Å². The van der Waals surface area contributed by atoms with Gasteiger partial charge in [0, 0.05) is 47.0 Å². The predicted molar refractivity (Wildman–Crippen MR) is 221 cm³/mol. The van der Waals surface area contributed by atoms with Crippen molar-refractivity contribution in [3.8, 4) is 28.7 Å². The van der Waals surface area contributed by atoms with Gasteiger partial charge >= 0.3 is 11.9 Å². The molecule has 2 amide bonds. The fraction of sp³-hybridized carbons (Fsp3) is 0.455. The Kier molecular flexibility index (Phi) is 11.3. The highest BCUT2D eigenvalue weighted by atomic mass is 32.2. The van der Waals surface area contributed by atoms with Gasteiger partial charge in [0.15, 0.2) is 23.0 Å². The van der Waals surface area contributed by atoms with Gasteiger partial charge in [-0.1, -0.05) is 50.2 Å². The van der Waals surface area contributed by atoms with Crippen LogP contribution in [-0.2, 0) is 30.3 Å². The smallest absolute Gasteiger partial charge is 0.329 e. The molecule has 60 heavy (non-hydrogen) atoms. The highest BCUT2D eigenvalue weighted by Gasteiger charge is 2.60. The molecule has 2 fully saturated rings. The van der Waals surface area contributed by atoms with Crippen LogP contribution in [0.25, 0.3) is 6.08 Å². The number of phenolic OH excluding ortho intramolecular Hbond substituents is 1. The fourth-order valence-corrected chi connectivity index (χ4v) is 11.1. The summed E-state index contributed by atoms with van der Waals surface area (Å²) in [5.74, 6) is -1.27. The summed E-state index contributed by atoms with van der Waals surface area (Å²) in [7, 11) is 3.42. The monoisotopic (exact) mass is 842 g/mol. The number of methoxy groups -OCH3 is 1. The fourth-order valence-electron chi connectivity index (χ4n) is 9.61. The molecule has 0 spiro atoms. The zero-order valence-electron chi connectivity index (χ0n) is 34.5. The molecule has 0 aromatic heterocycles. The number of nitrogens with zero attached hydrogens (tertiary/aromatic N) is 2. The minimum Gasteiger partial charge on any atom is -0.504 e. The zero-order valence-corrected chi connectivity index (χ0v) is 35.3. The molecule has 318 valence electrons. The Bertz CT molecular complexity index is 2270. The number of carbonyl (C=O) groups is 4. The number of fused-ring (bicyclic) bond motifs is 10. The normalized spacial score (nSPS) is 26.1. The first-order valence-electron chi connectivity index (χ1n) is 20.0. The molecule has 3 unspecified atom stereocenters. The number of esters is 2. The first-order valence-corrected chi connectivity index (χ1v) is 21.1. The zero-order chi connectivity index (χ0) is 42.7. The predicted octanol–water partition coefficient (Wildman–Crippen LogP) is 4.00. The minimum absolute atomic E-state index is 0.00337. The number of phenols is 1. The first kappa shape index (κ1) is 41.4. The van der Waals surface area contributed by atoms with Crippen LogP contribution >= 0.6 is 11.8 Å². The number of aliphatic hydroxyl groups excluding tert-OH is 1. The standard InChI is InChI=1S/C44H50N4O11S/c1-20(2)33(46-29(50)14-13-24-11-9-8-10-12-24)42(52)45-26-18-60-41-32-31(40-39(57-19-58-40)22(4)38(32)59-23(5)49)28(17-56-44(26)54)48-35(41)34-30-25(16-27(43(48)53)47(34)6)15-21(3)37(55-7)36(30)51/h8-15,20,26-28,33-35,41,43,51,53H,16-19H2,1-7H3,(H,45,52)(H,46,50)/b14-13+/t26?,27-,28-,33?,34+,35?,41+,43-/m0/s1. The van der Waals surface area contributed by atoms with Crippen molar-refractivity contribution in [1.29, 1.82) is 0 Å². The van der Waals surface area contributed by atoms with Crippen LogP contribution in [0.15, 0.2) is 42.5 Å². The van der Waals surface area contributed by atoms with Crippen LogP contribution in [0, 0.1) is 19.8 Å². The van der Waals surface area contributed by atoms with Gasteiger partial charge in [0.05, 0.1) is 30.5 Å². The molecule has 2 saturated heterocycles. The highest BCUT2D eigenvalue weighted by molar-refractivity contribution is 7.99. The van der Waals surface area contributed by atoms with Crippen molar-refractivity contribution in [1.82, 2.24) is 20.4 Å². The van der Waals surface area contributed by atoms with E-state index in [9.17, 15) is 29.4 Å². The Hall–Kier alpha value is -5.29.